The zero-order chi connectivity index (χ0) is 7.68. The molecule has 2 rings (SSSR count). The third-order valence-electron chi connectivity index (χ3n) is 1.81. The summed E-state index contributed by atoms with van der Waals surface area (Å²) < 4.78 is 7.53. The molecule has 3 nitrogen and oxygen atoms in total. The second-order valence-corrected chi connectivity index (χ2v) is 3.48. The highest BCUT2D eigenvalue weighted by Gasteiger charge is 2.17. The molecule has 0 fully saturated rings. The summed E-state index contributed by atoms with van der Waals surface area (Å²) >= 11 is 1.74. The lowest BCUT2D eigenvalue weighted by atomic mass is 10.4. The molecule has 0 aliphatic carbocycles. The Hall–Kier alpha value is -0.480. The highest BCUT2D eigenvalue weighted by Crippen LogP contribution is 2.19. The summed E-state index contributed by atoms with van der Waals surface area (Å²) in [7, 11) is 0. The molecule has 1 aliphatic heterocycles. The van der Waals surface area contributed by atoms with Crippen LogP contribution in [0.1, 0.15) is 5.82 Å². The first-order valence-corrected chi connectivity index (χ1v) is 4.83. The summed E-state index contributed by atoms with van der Waals surface area (Å²) in [6.45, 7) is 0.654. The van der Waals surface area contributed by atoms with E-state index in [-0.39, 0.29) is 0 Å². The molecule has 0 radical (unpaired) electrons. The first kappa shape index (κ1) is 7.18. The molecule has 11 heavy (non-hydrogen) atoms. The van der Waals surface area contributed by atoms with Crippen molar-refractivity contribution in [3.63, 3.8) is 0 Å². The van der Waals surface area contributed by atoms with Gasteiger partial charge < -0.3 is 9.30 Å². The second kappa shape index (κ2) is 2.87. The molecule has 0 amide bonds. The Morgan fingerprint density at radius 3 is 3.55 bits per heavy atom. The van der Waals surface area contributed by atoms with Crippen molar-refractivity contribution in [1.82, 2.24) is 9.55 Å². The minimum absolute atomic E-state index is 0.296. The van der Waals surface area contributed by atoms with E-state index in [4.69, 9.17) is 4.74 Å². The smallest absolute Gasteiger partial charge is 0.125 e. The van der Waals surface area contributed by atoms with Gasteiger partial charge in [-0.2, -0.15) is 0 Å². The summed E-state index contributed by atoms with van der Waals surface area (Å²) in [6, 6.07) is 0. The maximum atomic E-state index is 5.50. The minimum Gasteiger partial charge on any atom is -0.346 e. The Morgan fingerprint density at radius 1 is 1.82 bits per heavy atom. The molecule has 2 heterocycles. The topological polar surface area (TPSA) is 27.1 Å². The molecular formula is C7H10N2OS. The van der Waals surface area contributed by atoms with E-state index in [9.17, 15) is 0 Å². The third kappa shape index (κ3) is 1.28. The van der Waals surface area contributed by atoms with Crippen molar-refractivity contribution in [3.8, 4) is 0 Å². The molecule has 1 aliphatic rings. The van der Waals surface area contributed by atoms with E-state index in [1.807, 2.05) is 17.0 Å². The van der Waals surface area contributed by atoms with Gasteiger partial charge in [0.05, 0.1) is 0 Å². The highest BCUT2D eigenvalue weighted by molar-refractivity contribution is 7.99. The van der Waals surface area contributed by atoms with Gasteiger partial charge in [-0.25, -0.2) is 4.98 Å². The van der Waals surface area contributed by atoms with Crippen LogP contribution >= 0.6 is 11.8 Å². The first-order chi connectivity index (χ1) is 5.40. The summed E-state index contributed by atoms with van der Waals surface area (Å²) in [6.07, 6.45) is 6.75. The van der Waals surface area contributed by atoms with Crippen molar-refractivity contribution in [2.75, 3.05) is 6.26 Å². The Labute approximate surface area is 69.8 Å². The molecule has 0 spiro atoms. The standard InChI is InChI=1S/C7H10N2OS/c1-11-7-4-6-8-2-3-9(6)5-10-7/h2-3,7H,4-5H2,1H3. The predicted molar refractivity (Wildman–Crippen MR) is 44.3 cm³/mol. The normalized spacial score (nSPS) is 23.2. The Kier molecular flexibility index (Phi) is 1.87. The van der Waals surface area contributed by atoms with Gasteiger partial charge in [0, 0.05) is 18.8 Å². The average molecular weight is 170 g/mol. The van der Waals surface area contributed by atoms with Gasteiger partial charge in [0.1, 0.15) is 18.0 Å². The number of ether oxygens (including phenoxy) is 1. The van der Waals surface area contributed by atoms with Gasteiger partial charge in [0.25, 0.3) is 0 Å². The fourth-order valence-corrected chi connectivity index (χ4v) is 1.68. The van der Waals surface area contributed by atoms with Crippen molar-refractivity contribution in [1.29, 1.82) is 0 Å². The molecule has 1 aromatic heterocycles. The van der Waals surface area contributed by atoms with Gasteiger partial charge in [-0.3, -0.25) is 0 Å². The van der Waals surface area contributed by atoms with Crippen LogP contribution in [-0.2, 0) is 17.9 Å². The molecule has 0 saturated carbocycles. The number of nitrogens with zero attached hydrogens (tertiary/aromatic N) is 2. The lowest BCUT2D eigenvalue weighted by molar-refractivity contribution is 0.0348. The quantitative estimate of drug-likeness (QED) is 0.631. The maximum Gasteiger partial charge on any atom is 0.125 e. The molecule has 0 aromatic carbocycles. The van der Waals surface area contributed by atoms with E-state index >= 15 is 0 Å². The van der Waals surface area contributed by atoms with E-state index < -0.39 is 0 Å². The van der Waals surface area contributed by atoms with Gasteiger partial charge in [0.2, 0.25) is 0 Å². The summed E-state index contributed by atoms with van der Waals surface area (Å²) in [5.74, 6) is 1.13. The van der Waals surface area contributed by atoms with Crippen LogP contribution in [0, 0.1) is 0 Å². The van der Waals surface area contributed by atoms with Crippen LogP contribution in [0.25, 0.3) is 0 Å². The Bertz CT molecular complexity index is 248. The van der Waals surface area contributed by atoms with E-state index in [1.54, 1.807) is 11.8 Å². The van der Waals surface area contributed by atoms with Crippen LogP contribution in [0.3, 0.4) is 0 Å². The molecule has 0 saturated heterocycles. The fourth-order valence-electron chi connectivity index (χ4n) is 1.17. The molecule has 0 bridgehead atoms. The van der Waals surface area contributed by atoms with Crippen molar-refractivity contribution < 1.29 is 4.74 Å². The van der Waals surface area contributed by atoms with Gasteiger partial charge in [-0.05, 0) is 6.26 Å². The number of imidazole rings is 1. The molecule has 1 unspecified atom stereocenters. The predicted octanol–water partition coefficient (Wildman–Crippen LogP) is 1.10. The fraction of sp³-hybridized carbons (Fsp3) is 0.571. The number of thioether (sulfide) groups is 1. The molecule has 4 heteroatoms. The van der Waals surface area contributed by atoms with E-state index in [1.165, 1.54) is 0 Å². The van der Waals surface area contributed by atoms with Gasteiger partial charge in [-0.1, -0.05) is 0 Å². The van der Waals surface area contributed by atoms with Crippen LogP contribution in [0.4, 0.5) is 0 Å². The molecule has 60 valence electrons. The van der Waals surface area contributed by atoms with E-state index in [0.29, 0.717) is 12.2 Å². The molecule has 0 N–H and O–H groups in total. The second-order valence-electron chi connectivity index (χ2n) is 2.48. The number of fused-ring (bicyclic) bond motifs is 1. The molecule has 1 atom stereocenters. The van der Waals surface area contributed by atoms with Crippen LogP contribution in [0.5, 0.6) is 0 Å². The average Bonchev–Trinajstić information content (AvgIpc) is 2.50. The SMILES string of the molecule is CSC1Cc2nccn2CO1. The lowest BCUT2D eigenvalue weighted by Crippen LogP contribution is -2.23. The monoisotopic (exact) mass is 170 g/mol. The maximum absolute atomic E-state index is 5.50. The summed E-state index contributed by atoms with van der Waals surface area (Å²) in [4.78, 5) is 4.22. The molecular weight excluding hydrogens is 160 g/mol. The number of hydrogen-bond donors (Lipinski definition) is 0. The first-order valence-electron chi connectivity index (χ1n) is 3.54. The largest absolute Gasteiger partial charge is 0.346 e. The number of hydrogen-bond acceptors (Lipinski definition) is 3. The Balaban J connectivity index is 2.18. The lowest BCUT2D eigenvalue weighted by Gasteiger charge is -2.21. The van der Waals surface area contributed by atoms with Gasteiger partial charge >= 0.3 is 0 Å². The van der Waals surface area contributed by atoms with Crippen LogP contribution in [0.2, 0.25) is 0 Å². The van der Waals surface area contributed by atoms with Crippen molar-refractivity contribution in [3.05, 3.63) is 18.2 Å². The minimum atomic E-state index is 0.296. The van der Waals surface area contributed by atoms with Crippen molar-refractivity contribution in [2.45, 2.75) is 18.6 Å². The summed E-state index contributed by atoms with van der Waals surface area (Å²) in [5, 5.41) is 0. The molecule has 1 aromatic rings. The van der Waals surface area contributed by atoms with Crippen molar-refractivity contribution >= 4 is 11.8 Å². The van der Waals surface area contributed by atoms with Gasteiger partial charge in [0.15, 0.2) is 0 Å². The van der Waals surface area contributed by atoms with E-state index in [2.05, 4.69) is 11.2 Å². The zero-order valence-electron chi connectivity index (χ0n) is 6.36. The number of aromatic nitrogens is 2. The Morgan fingerprint density at radius 2 is 2.73 bits per heavy atom. The van der Waals surface area contributed by atoms with Gasteiger partial charge in [-0.15, -0.1) is 11.8 Å². The zero-order valence-corrected chi connectivity index (χ0v) is 7.17. The van der Waals surface area contributed by atoms with Crippen LogP contribution in [0.15, 0.2) is 12.4 Å². The summed E-state index contributed by atoms with van der Waals surface area (Å²) in [5.41, 5.74) is 0.296. The highest BCUT2D eigenvalue weighted by atomic mass is 32.2. The van der Waals surface area contributed by atoms with E-state index in [0.717, 1.165) is 12.2 Å². The van der Waals surface area contributed by atoms with Crippen LogP contribution < -0.4 is 0 Å². The number of rotatable bonds is 1. The van der Waals surface area contributed by atoms with Crippen molar-refractivity contribution in [2.24, 2.45) is 0 Å². The third-order valence-corrected chi connectivity index (χ3v) is 2.64. The van der Waals surface area contributed by atoms with Crippen LogP contribution in [-0.4, -0.2) is 21.2 Å².